The first kappa shape index (κ1) is 16.3. The Kier molecular flexibility index (Phi) is 4.94. The summed E-state index contributed by atoms with van der Waals surface area (Å²) < 4.78 is 27.9. The smallest absolute Gasteiger partial charge is 0.242 e. The van der Waals surface area contributed by atoms with Gasteiger partial charge >= 0.3 is 0 Å². The topological polar surface area (TPSA) is 72.2 Å². The molecule has 118 valence electrons. The summed E-state index contributed by atoms with van der Waals surface area (Å²) in [5, 5.41) is 0. The fourth-order valence-electron chi connectivity index (χ4n) is 3.15. The minimum atomic E-state index is -3.54. The van der Waals surface area contributed by atoms with Crippen LogP contribution in [-0.4, -0.2) is 15.0 Å². The summed E-state index contributed by atoms with van der Waals surface area (Å²) in [6.07, 6.45) is 4.75. The first-order chi connectivity index (χ1) is 9.83. The molecule has 0 bridgehead atoms. The zero-order chi connectivity index (χ0) is 15.6. The second-order valence-electron chi connectivity index (χ2n) is 6.30. The highest BCUT2D eigenvalue weighted by Gasteiger charge is 2.26. The van der Waals surface area contributed by atoms with Crippen molar-refractivity contribution in [3.63, 3.8) is 0 Å². The molecule has 5 heteroatoms. The fraction of sp³-hybridized carbons (Fsp3) is 0.625. The zero-order valence-corrected chi connectivity index (χ0v) is 14.0. The summed E-state index contributed by atoms with van der Waals surface area (Å²) in [6.45, 7) is 6.43. The quantitative estimate of drug-likeness (QED) is 0.840. The van der Waals surface area contributed by atoms with Crippen LogP contribution < -0.4 is 10.5 Å². The highest BCUT2D eigenvalue weighted by atomic mass is 32.2. The lowest BCUT2D eigenvalue weighted by molar-refractivity contribution is 0.257. The fourth-order valence-corrected chi connectivity index (χ4v) is 4.67. The van der Waals surface area contributed by atoms with Crippen LogP contribution in [0.5, 0.6) is 0 Å². The Hall–Kier alpha value is -1.07. The van der Waals surface area contributed by atoms with Crippen molar-refractivity contribution >= 4 is 15.7 Å². The van der Waals surface area contributed by atoms with E-state index in [4.69, 9.17) is 5.73 Å². The van der Waals surface area contributed by atoms with Gasteiger partial charge in [0.25, 0.3) is 0 Å². The number of hydrogen-bond acceptors (Lipinski definition) is 3. The Bertz CT molecular complexity index is 611. The van der Waals surface area contributed by atoms with Crippen LogP contribution in [0, 0.1) is 25.7 Å². The molecule has 2 rings (SSSR count). The van der Waals surface area contributed by atoms with Crippen molar-refractivity contribution in [1.29, 1.82) is 0 Å². The van der Waals surface area contributed by atoms with Gasteiger partial charge in [0.2, 0.25) is 10.0 Å². The van der Waals surface area contributed by atoms with E-state index in [1.807, 2.05) is 19.9 Å². The molecular formula is C16H26N2O2S. The van der Waals surface area contributed by atoms with Gasteiger partial charge in [-0.1, -0.05) is 32.3 Å². The number of nitrogens with one attached hydrogen (secondary N) is 1. The maximum absolute atomic E-state index is 12.6. The number of nitrogens with two attached hydrogens (primary N) is 1. The van der Waals surface area contributed by atoms with Gasteiger partial charge in [-0.25, -0.2) is 13.1 Å². The molecule has 1 aliphatic rings. The number of rotatable bonds is 4. The summed E-state index contributed by atoms with van der Waals surface area (Å²) in [4.78, 5) is 0.242. The molecule has 1 aromatic carbocycles. The van der Waals surface area contributed by atoms with Crippen molar-refractivity contribution < 1.29 is 8.42 Å². The Balaban J connectivity index is 2.17. The van der Waals surface area contributed by atoms with Gasteiger partial charge in [-0.05, 0) is 49.3 Å². The molecule has 1 aromatic rings. The number of anilines is 1. The van der Waals surface area contributed by atoms with E-state index in [1.54, 1.807) is 6.07 Å². The molecule has 0 spiro atoms. The second-order valence-corrected chi connectivity index (χ2v) is 8.00. The molecule has 0 aliphatic heterocycles. The molecule has 0 saturated heterocycles. The van der Waals surface area contributed by atoms with E-state index in [0.717, 1.165) is 17.5 Å². The van der Waals surface area contributed by atoms with Crippen molar-refractivity contribution in [2.45, 2.75) is 51.3 Å². The van der Waals surface area contributed by atoms with Gasteiger partial charge in [0.05, 0.1) is 5.69 Å². The Morgan fingerprint density at radius 3 is 2.57 bits per heavy atom. The number of hydrogen-bond donors (Lipinski definition) is 2. The van der Waals surface area contributed by atoms with Crippen molar-refractivity contribution in [1.82, 2.24) is 4.72 Å². The van der Waals surface area contributed by atoms with E-state index in [0.29, 0.717) is 24.1 Å². The van der Waals surface area contributed by atoms with E-state index >= 15 is 0 Å². The third-order valence-corrected chi connectivity index (χ3v) is 6.43. The van der Waals surface area contributed by atoms with Gasteiger partial charge in [-0.2, -0.15) is 0 Å². The van der Waals surface area contributed by atoms with E-state index in [2.05, 4.69) is 11.6 Å². The molecule has 0 amide bonds. The number of aryl methyl sites for hydroxylation is 1. The minimum Gasteiger partial charge on any atom is -0.398 e. The van der Waals surface area contributed by atoms with E-state index in [9.17, 15) is 8.42 Å². The normalized spacial score (nSPS) is 23.2. The minimum absolute atomic E-state index is 0.242. The maximum Gasteiger partial charge on any atom is 0.242 e. The molecule has 4 nitrogen and oxygen atoms in total. The molecule has 1 aliphatic carbocycles. The van der Waals surface area contributed by atoms with Crippen LogP contribution in [0.1, 0.15) is 43.7 Å². The summed E-state index contributed by atoms with van der Waals surface area (Å²) >= 11 is 0. The SMILES string of the molecule is Cc1ccc(N)c(S(=O)(=O)NCC2CCCCC2C)c1C. The molecule has 2 atom stereocenters. The first-order valence-corrected chi connectivity index (χ1v) is 9.16. The maximum atomic E-state index is 12.6. The van der Waals surface area contributed by atoms with E-state index in [-0.39, 0.29) is 4.90 Å². The van der Waals surface area contributed by atoms with Gasteiger partial charge < -0.3 is 5.73 Å². The van der Waals surface area contributed by atoms with Crippen LogP contribution in [0.4, 0.5) is 5.69 Å². The first-order valence-electron chi connectivity index (χ1n) is 7.68. The van der Waals surface area contributed by atoms with Gasteiger partial charge in [-0.3, -0.25) is 0 Å². The Labute approximate surface area is 128 Å². The van der Waals surface area contributed by atoms with E-state index in [1.165, 1.54) is 19.3 Å². The van der Waals surface area contributed by atoms with Crippen LogP contribution in [0.2, 0.25) is 0 Å². The van der Waals surface area contributed by atoms with Gasteiger partial charge in [0, 0.05) is 6.54 Å². The molecule has 0 heterocycles. The van der Waals surface area contributed by atoms with Crippen molar-refractivity contribution in [2.75, 3.05) is 12.3 Å². The van der Waals surface area contributed by atoms with Crippen molar-refractivity contribution in [3.8, 4) is 0 Å². The molecular weight excluding hydrogens is 284 g/mol. The van der Waals surface area contributed by atoms with Crippen molar-refractivity contribution in [3.05, 3.63) is 23.3 Å². The summed E-state index contributed by atoms with van der Waals surface area (Å²) in [7, 11) is -3.54. The lowest BCUT2D eigenvalue weighted by atomic mass is 9.81. The standard InChI is InChI=1S/C16H26N2O2S/c1-11-8-9-15(17)16(13(11)3)21(19,20)18-10-14-7-5-4-6-12(14)2/h8-9,12,14,18H,4-7,10,17H2,1-3H3. The molecule has 1 saturated carbocycles. The summed E-state index contributed by atoms with van der Waals surface area (Å²) in [6, 6.07) is 3.52. The molecule has 21 heavy (non-hydrogen) atoms. The average molecular weight is 310 g/mol. The Morgan fingerprint density at radius 1 is 1.24 bits per heavy atom. The second kappa shape index (κ2) is 6.36. The number of benzene rings is 1. The van der Waals surface area contributed by atoms with Gasteiger partial charge in [-0.15, -0.1) is 0 Å². The molecule has 3 N–H and O–H groups in total. The molecule has 0 aromatic heterocycles. The lowest BCUT2D eigenvalue weighted by Gasteiger charge is -2.29. The number of sulfonamides is 1. The molecule has 2 unspecified atom stereocenters. The monoisotopic (exact) mass is 310 g/mol. The van der Waals surface area contributed by atoms with Crippen LogP contribution >= 0.6 is 0 Å². The third-order valence-electron chi connectivity index (χ3n) is 4.80. The highest BCUT2D eigenvalue weighted by Crippen LogP contribution is 2.30. The van der Waals surface area contributed by atoms with Gasteiger partial charge in [0.15, 0.2) is 0 Å². The summed E-state index contributed by atoms with van der Waals surface area (Å²) in [5.41, 5.74) is 7.89. The largest absolute Gasteiger partial charge is 0.398 e. The van der Waals surface area contributed by atoms with Crippen LogP contribution in [-0.2, 0) is 10.0 Å². The third kappa shape index (κ3) is 3.58. The van der Waals surface area contributed by atoms with Gasteiger partial charge in [0.1, 0.15) is 4.90 Å². The van der Waals surface area contributed by atoms with Crippen molar-refractivity contribution in [2.24, 2.45) is 11.8 Å². The lowest BCUT2D eigenvalue weighted by Crippen LogP contribution is -2.34. The van der Waals surface area contributed by atoms with E-state index < -0.39 is 10.0 Å². The molecule has 1 fully saturated rings. The highest BCUT2D eigenvalue weighted by molar-refractivity contribution is 7.89. The number of nitrogen functional groups attached to an aromatic ring is 1. The molecule has 0 radical (unpaired) electrons. The predicted octanol–water partition coefficient (Wildman–Crippen LogP) is 2.99. The van der Waals surface area contributed by atoms with Crippen LogP contribution in [0.3, 0.4) is 0 Å². The summed E-state index contributed by atoms with van der Waals surface area (Å²) in [5.74, 6) is 1.01. The van der Waals surface area contributed by atoms with Crippen LogP contribution in [0.25, 0.3) is 0 Å². The Morgan fingerprint density at radius 2 is 1.90 bits per heavy atom. The van der Waals surface area contributed by atoms with Crippen LogP contribution in [0.15, 0.2) is 17.0 Å². The zero-order valence-electron chi connectivity index (χ0n) is 13.1. The average Bonchev–Trinajstić information content (AvgIpc) is 2.42. The predicted molar refractivity (Wildman–Crippen MR) is 86.6 cm³/mol.